The molecule has 1 fully saturated rings. The van der Waals surface area contributed by atoms with Gasteiger partial charge in [0.1, 0.15) is 6.04 Å². The average molecular weight is 215 g/mol. The Morgan fingerprint density at radius 1 is 1.67 bits per heavy atom. The van der Waals surface area contributed by atoms with Crippen molar-refractivity contribution in [3.63, 3.8) is 0 Å². The first-order valence-corrected chi connectivity index (χ1v) is 5.16. The van der Waals surface area contributed by atoms with Crippen LogP contribution in [0.15, 0.2) is 0 Å². The largest absolute Gasteiger partial charge is 0.468 e. The zero-order chi connectivity index (χ0) is 11.3. The Balaban J connectivity index is 2.55. The van der Waals surface area contributed by atoms with Crippen molar-refractivity contribution >= 4 is 11.9 Å². The third kappa shape index (κ3) is 3.20. The Kier molecular flexibility index (Phi) is 4.55. The van der Waals surface area contributed by atoms with Gasteiger partial charge in [0.15, 0.2) is 0 Å². The lowest BCUT2D eigenvalue weighted by atomic mass is 10.2. The minimum absolute atomic E-state index is 0.157. The highest BCUT2D eigenvalue weighted by Gasteiger charge is 2.32. The monoisotopic (exact) mass is 215 g/mol. The lowest BCUT2D eigenvalue weighted by molar-refractivity contribution is -0.146. The van der Waals surface area contributed by atoms with Crippen molar-refractivity contribution in [1.82, 2.24) is 4.90 Å². The number of methoxy groups -OCH3 is 1. The van der Waals surface area contributed by atoms with Crippen molar-refractivity contribution < 1.29 is 19.1 Å². The molecule has 0 aliphatic carbocycles. The summed E-state index contributed by atoms with van der Waals surface area (Å²) in [5.41, 5.74) is 0. The molecule has 1 aliphatic rings. The molecule has 0 aromatic heterocycles. The van der Waals surface area contributed by atoms with Gasteiger partial charge < -0.3 is 9.47 Å². The smallest absolute Gasteiger partial charge is 0.323 e. The van der Waals surface area contributed by atoms with Gasteiger partial charge in [-0.05, 0) is 13.0 Å². The molecule has 0 aromatic rings. The first kappa shape index (κ1) is 12.0. The van der Waals surface area contributed by atoms with E-state index in [1.807, 2.05) is 11.8 Å². The molecule has 15 heavy (non-hydrogen) atoms. The molecule has 1 atom stereocenters. The first-order valence-electron chi connectivity index (χ1n) is 5.16. The summed E-state index contributed by atoms with van der Waals surface area (Å²) >= 11 is 0. The summed E-state index contributed by atoms with van der Waals surface area (Å²) in [5, 5.41) is 0. The lowest BCUT2D eigenvalue weighted by Gasteiger charge is -2.23. The van der Waals surface area contributed by atoms with Gasteiger partial charge in [-0.1, -0.05) is 6.92 Å². The van der Waals surface area contributed by atoms with Gasteiger partial charge >= 0.3 is 11.9 Å². The number of carbonyl (C=O) groups excluding carboxylic acids is 2. The Morgan fingerprint density at radius 2 is 2.40 bits per heavy atom. The van der Waals surface area contributed by atoms with Gasteiger partial charge in [0.2, 0.25) is 0 Å². The summed E-state index contributed by atoms with van der Waals surface area (Å²) in [6.45, 7) is 3.31. The molecule has 0 N–H and O–H groups in total. The zero-order valence-electron chi connectivity index (χ0n) is 9.19. The van der Waals surface area contributed by atoms with E-state index in [1.165, 1.54) is 7.11 Å². The number of cyclic esters (lactones) is 1. The normalized spacial score (nSPS) is 20.5. The number of ether oxygens (including phenoxy) is 2. The molecule has 0 bridgehead atoms. The molecule has 1 heterocycles. The SMILES string of the molecule is CCCN(CC(=O)OC)C1CCOC1=O. The molecule has 1 aliphatic heterocycles. The molecule has 0 aromatic carbocycles. The minimum Gasteiger partial charge on any atom is -0.468 e. The quantitative estimate of drug-likeness (QED) is 0.613. The van der Waals surface area contributed by atoms with Crippen molar-refractivity contribution in [2.45, 2.75) is 25.8 Å². The van der Waals surface area contributed by atoms with E-state index < -0.39 is 0 Å². The van der Waals surface area contributed by atoms with Crippen LogP contribution in [-0.4, -0.2) is 49.7 Å². The van der Waals surface area contributed by atoms with Crippen molar-refractivity contribution in [2.75, 3.05) is 26.8 Å². The molecular formula is C10H17NO4. The molecule has 0 radical (unpaired) electrons. The molecule has 1 unspecified atom stereocenters. The van der Waals surface area contributed by atoms with E-state index in [1.54, 1.807) is 0 Å². The van der Waals surface area contributed by atoms with Gasteiger partial charge in [0, 0.05) is 6.42 Å². The summed E-state index contributed by atoms with van der Waals surface area (Å²) in [5.74, 6) is -0.546. The van der Waals surface area contributed by atoms with Crippen LogP contribution < -0.4 is 0 Å². The third-order valence-electron chi connectivity index (χ3n) is 2.42. The first-order chi connectivity index (χ1) is 7.19. The van der Waals surface area contributed by atoms with Gasteiger partial charge in [-0.25, -0.2) is 0 Å². The maximum absolute atomic E-state index is 11.3. The van der Waals surface area contributed by atoms with E-state index in [9.17, 15) is 9.59 Å². The topological polar surface area (TPSA) is 55.8 Å². The molecule has 5 heteroatoms. The van der Waals surface area contributed by atoms with Crippen LogP contribution in [0.5, 0.6) is 0 Å². The zero-order valence-corrected chi connectivity index (χ0v) is 9.19. The Morgan fingerprint density at radius 3 is 2.87 bits per heavy atom. The Labute approximate surface area is 89.3 Å². The molecule has 0 spiro atoms. The fourth-order valence-electron chi connectivity index (χ4n) is 1.68. The number of rotatable bonds is 5. The predicted molar refractivity (Wildman–Crippen MR) is 53.2 cm³/mol. The molecule has 1 rings (SSSR count). The van der Waals surface area contributed by atoms with Gasteiger partial charge in [0.05, 0.1) is 20.3 Å². The standard InChI is InChI=1S/C10H17NO4/c1-3-5-11(7-9(12)14-2)8-4-6-15-10(8)13/h8H,3-7H2,1-2H3. The molecule has 0 amide bonds. The molecule has 0 saturated carbocycles. The van der Waals surface area contributed by atoms with E-state index in [2.05, 4.69) is 4.74 Å². The minimum atomic E-state index is -0.317. The predicted octanol–water partition coefficient (Wildman–Crippen LogP) is 0.187. The second-order valence-corrected chi connectivity index (χ2v) is 3.52. The summed E-state index contributed by atoms with van der Waals surface area (Å²) < 4.78 is 9.46. The van der Waals surface area contributed by atoms with Crippen LogP contribution in [0, 0.1) is 0 Å². The summed E-state index contributed by atoms with van der Waals surface area (Å²) in [6, 6.07) is -0.274. The van der Waals surface area contributed by atoms with Crippen LogP contribution in [0.25, 0.3) is 0 Å². The molecular weight excluding hydrogens is 198 g/mol. The Bertz CT molecular complexity index is 242. The van der Waals surface area contributed by atoms with E-state index in [-0.39, 0.29) is 24.5 Å². The van der Waals surface area contributed by atoms with Gasteiger partial charge in [-0.15, -0.1) is 0 Å². The number of esters is 2. The summed E-state index contributed by atoms with van der Waals surface area (Å²) in [4.78, 5) is 24.3. The lowest BCUT2D eigenvalue weighted by Crippen LogP contribution is -2.42. The summed E-state index contributed by atoms with van der Waals surface area (Å²) in [6.07, 6.45) is 1.55. The average Bonchev–Trinajstić information content (AvgIpc) is 2.63. The number of hydrogen-bond donors (Lipinski definition) is 0. The van der Waals surface area contributed by atoms with Crippen LogP contribution in [0.4, 0.5) is 0 Å². The maximum Gasteiger partial charge on any atom is 0.323 e. The molecule has 1 saturated heterocycles. The highest BCUT2D eigenvalue weighted by Crippen LogP contribution is 2.14. The maximum atomic E-state index is 11.3. The van der Waals surface area contributed by atoms with E-state index in [0.29, 0.717) is 19.6 Å². The van der Waals surface area contributed by atoms with Gasteiger partial charge in [0.25, 0.3) is 0 Å². The highest BCUT2D eigenvalue weighted by molar-refractivity contribution is 5.79. The third-order valence-corrected chi connectivity index (χ3v) is 2.42. The van der Waals surface area contributed by atoms with E-state index in [4.69, 9.17) is 4.74 Å². The fourth-order valence-corrected chi connectivity index (χ4v) is 1.68. The van der Waals surface area contributed by atoms with Crippen LogP contribution in [-0.2, 0) is 19.1 Å². The number of hydrogen-bond acceptors (Lipinski definition) is 5. The Hall–Kier alpha value is -1.10. The molecule has 86 valence electrons. The summed E-state index contributed by atoms with van der Waals surface area (Å²) in [7, 11) is 1.35. The van der Waals surface area contributed by atoms with E-state index >= 15 is 0 Å². The van der Waals surface area contributed by atoms with Crippen LogP contribution in [0.2, 0.25) is 0 Å². The number of carbonyl (C=O) groups is 2. The van der Waals surface area contributed by atoms with Crippen LogP contribution >= 0.6 is 0 Å². The van der Waals surface area contributed by atoms with Crippen molar-refractivity contribution in [1.29, 1.82) is 0 Å². The fraction of sp³-hybridized carbons (Fsp3) is 0.800. The second-order valence-electron chi connectivity index (χ2n) is 3.52. The van der Waals surface area contributed by atoms with E-state index in [0.717, 1.165) is 6.42 Å². The van der Waals surface area contributed by atoms with Crippen molar-refractivity contribution in [3.05, 3.63) is 0 Å². The van der Waals surface area contributed by atoms with Crippen molar-refractivity contribution in [3.8, 4) is 0 Å². The van der Waals surface area contributed by atoms with Crippen LogP contribution in [0.1, 0.15) is 19.8 Å². The van der Waals surface area contributed by atoms with Crippen molar-refractivity contribution in [2.24, 2.45) is 0 Å². The number of nitrogens with zero attached hydrogens (tertiary/aromatic N) is 1. The van der Waals surface area contributed by atoms with Crippen LogP contribution in [0.3, 0.4) is 0 Å². The van der Waals surface area contributed by atoms with Gasteiger partial charge in [-0.2, -0.15) is 0 Å². The van der Waals surface area contributed by atoms with Gasteiger partial charge in [-0.3, -0.25) is 14.5 Å². The second kappa shape index (κ2) is 5.70. The highest BCUT2D eigenvalue weighted by atomic mass is 16.5. The molecule has 5 nitrogen and oxygen atoms in total.